The molecular weight excluding hydrogens is 502 g/mol. The molecule has 198 valence electrons. The number of aromatic nitrogens is 2. The van der Waals surface area contributed by atoms with Crippen LogP contribution in [0.25, 0.3) is 16.7 Å². The highest BCUT2D eigenvalue weighted by atomic mass is 16.5. The van der Waals surface area contributed by atoms with E-state index >= 15 is 0 Å². The van der Waals surface area contributed by atoms with E-state index in [1.165, 1.54) is 4.90 Å². The van der Waals surface area contributed by atoms with Gasteiger partial charge < -0.3 is 19.7 Å². The predicted molar refractivity (Wildman–Crippen MR) is 152 cm³/mol. The third-order valence-electron chi connectivity index (χ3n) is 7.24. The average molecular weight is 530 g/mol. The monoisotopic (exact) mass is 529 g/mol. The molecule has 40 heavy (non-hydrogen) atoms. The number of aliphatic hydroxyl groups is 1. The number of carbonyl (C=O) groups excluding carboxylic acids is 2. The van der Waals surface area contributed by atoms with E-state index < -0.39 is 17.7 Å². The summed E-state index contributed by atoms with van der Waals surface area (Å²) >= 11 is 0. The van der Waals surface area contributed by atoms with Gasteiger partial charge in [0.05, 0.1) is 11.6 Å². The minimum Gasteiger partial charge on any atom is -0.507 e. The number of aromatic amines is 1. The van der Waals surface area contributed by atoms with Crippen molar-refractivity contribution in [1.82, 2.24) is 14.9 Å². The number of para-hydroxylation sites is 1. The molecule has 2 N–H and O–H groups in total. The van der Waals surface area contributed by atoms with Gasteiger partial charge in [0.15, 0.2) is 0 Å². The molecule has 6 rings (SSSR count). The van der Waals surface area contributed by atoms with Gasteiger partial charge >= 0.3 is 0 Å². The van der Waals surface area contributed by atoms with Crippen LogP contribution in [0.5, 0.6) is 5.75 Å². The lowest BCUT2D eigenvalue weighted by Crippen LogP contribution is -2.29. The number of pyridine rings is 1. The summed E-state index contributed by atoms with van der Waals surface area (Å²) in [5.41, 5.74) is 4.79. The second kappa shape index (κ2) is 10.5. The summed E-state index contributed by atoms with van der Waals surface area (Å²) in [5, 5.41) is 12.5. The summed E-state index contributed by atoms with van der Waals surface area (Å²) in [6, 6.07) is 25.7. The Kier molecular flexibility index (Phi) is 6.62. The Labute approximate surface area is 231 Å². The minimum absolute atomic E-state index is 0.0566. The van der Waals surface area contributed by atoms with Crippen molar-refractivity contribution in [2.75, 3.05) is 0 Å². The number of benzene rings is 3. The highest BCUT2D eigenvalue weighted by Gasteiger charge is 2.46. The molecule has 1 saturated heterocycles. The van der Waals surface area contributed by atoms with Gasteiger partial charge in [-0.2, -0.15) is 0 Å². The number of likely N-dealkylation sites (tertiary alicyclic amines) is 1. The Morgan fingerprint density at radius 1 is 0.950 bits per heavy atom. The maximum absolute atomic E-state index is 13.5. The van der Waals surface area contributed by atoms with Crippen LogP contribution in [0.3, 0.4) is 0 Å². The number of carbonyl (C=O) groups is 2. The molecule has 0 spiro atoms. The number of aryl methyl sites for hydroxylation is 1. The maximum atomic E-state index is 13.5. The van der Waals surface area contributed by atoms with Crippen LogP contribution in [0.4, 0.5) is 0 Å². The number of fused-ring (bicyclic) bond motifs is 1. The Morgan fingerprint density at radius 2 is 1.70 bits per heavy atom. The Hall–Kier alpha value is -5.17. The molecule has 7 heteroatoms. The van der Waals surface area contributed by atoms with Crippen molar-refractivity contribution in [2.24, 2.45) is 0 Å². The van der Waals surface area contributed by atoms with Crippen LogP contribution in [0, 0.1) is 6.92 Å². The van der Waals surface area contributed by atoms with Crippen molar-refractivity contribution in [3.8, 4) is 5.75 Å². The molecule has 1 unspecified atom stereocenters. The van der Waals surface area contributed by atoms with Gasteiger partial charge in [-0.15, -0.1) is 0 Å². The molecule has 0 bridgehead atoms. The van der Waals surface area contributed by atoms with Gasteiger partial charge in [0, 0.05) is 47.2 Å². The molecule has 0 aliphatic carbocycles. The summed E-state index contributed by atoms with van der Waals surface area (Å²) in [6.07, 6.45) is 5.10. The van der Waals surface area contributed by atoms with Crippen molar-refractivity contribution in [3.63, 3.8) is 0 Å². The molecule has 1 aliphatic heterocycles. The number of aliphatic hydroxyl groups excluding tert-OH is 1. The smallest absolute Gasteiger partial charge is 0.295 e. The molecule has 3 aromatic carbocycles. The zero-order valence-corrected chi connectivity index (χ0v) is 21.9. The Bertz CT molecular complexity index is 1740. The molecule has 0 radical (unpaired) electrons. The summed E-state index contributed by atoms with van der Waals surface area (Å²) in [7, 11) is 0. The standard InChI is InChI=1S/C33H27N3O4/c1-21-17-24(11-12-28(21)40-20-23-7-3-2-4-8-23)31(37)29-30(26-18-35-27-10-6-5-9-25(26)27)36(33(39)32(29)38)19-22-13-15-34-16-14-22/h2-18,30,35,37H,19-20H2,1H3/b31-29+. The number of rotatable bonds is 7. The Balaban J connectivity index is 1.41. The fourth-order valence-electron chi connectivity index (χ4n) is 5.22. The quantitative estimate of drug-likeness (QED) is 0.152. The van der Waals surface area contributed by atoms with Crippen LogP contribution in [0.15, 0.2) is 109 Å². The molecule has 1 fully saturated rings. The summed E-state index contributed by atoms with van der Waals surface area (Å²) in [4.78, 5) is 35.8. The molecule has 2 aromatic heterocycles. The molecule has 1 amide bonds. The van der Waals surface area contributed by atoms with Crippen LogP contribution in [-0.4, -0.2) is 31.7 Å². The highest BCUT2D eigenvalue weighted by molar-refractivity contribution is 6.46. The Morgan fingerprint density at radius 3 is 2.48 bits per heavy atom. The summed E-state index contributed by atoms with van der Waals surface area (Å²) in [6.45, 7) is 2.49. The second-order valence-electron chi connectivity index (χ2n) is 9.83. The molecule has 3 heterocycles. The minimum atomic E-state index is -0.779. The van der Waals surface area contributed by atoms with Crippen molar-refractivity contribution in [2.45, 2.75) is 26.1 Å². The van der Waals surface area contributed by atoms with Crippen molar-refractivity contribution < 1.29 is 19.4 Å². The fourth-order valence-corrected chi connectivity index (χ4v) is 5.22. The maximum Gasteiger partial charge on any atom is 0.295 e. The van der Waals surface area contributed by atoms with Gasteiger partial charge in [-0.1, -0.05) is 48.5 Å². The second-order valence-corrected chi connectivity index (χ2v) is 9.83. The number of hydrogen-bond acceptors (Lipinski definition) is 5. The number of amides is 1. The van der Waals surface area contributed by atoms with Gasteiger partial charge in [-0.25, -0.2) is 0 Å². The summed E-state index contributed by atoms with van der Waals surface area (Å²) < 4.78 is 6.00. The summed E-state index contributed by atoms with van der Waals surface area (Å²) in [5.74, 6) is -0.924. The van der Waals surface area contributed by atoms with E-state index in [1.54, 1.807) is 36.8 Å². The predicted octanol–water partition coefficient (Wildman–Crippen LogP) is 6.07. The lowest BCUT2D eigenvalue weighted by Gasteiger charge is -2.25. The normalized spacial score (nSPS) is 16.5. The SMILES string of the molecule is Cc1cc(/C(O)=C2\C(=O)C(=O)N(Cc3ccncc3)C2c2c[nH]c3ccccc23)ccc1OCc1ccccc1. The molecule has 0 saturated carbocycles. The number of ether oxygens (including phenoxy) is 1. The first-order valence-corrected chi connectivity index (χ1v) is 13.0. The van der Waals surface area contributed by atoms with Crippen LogP contribution < -0.4 is 4.74 Å². The largest absolute Gasteiger partial charge is 0.507 e. The van der Waals surface area contributed by atoms with Crippen LogP contribution in [0.1, 0.15) is 33.9 Å². The lowest BCUT2D eigenvalue weighted by molar-refractivity contribution is -0.140. The lowest BCUT2D eigenvalue weighted by atomic mass is 9.94. The number of Topliss-reactive ketones (excluding diaryl/α,β-unsaturated/α-hetero) is 1. The van der Waals surface area contributed by atoms with Crippen LogP contribution >= 0.6 is 0 Å². The zero-order valence-electron chi connectivity index (χ0n) is 21.9. The van der Waals surface area contributed by atoms with Gasteiger partial charge in [0.2, 0.25) is 0 Å². The van der Waals surface area contributed by atoms with Gasteiger partial charge in [0.25, 0.3) is 11.7 Å². The van der Waals surface area contributed by atoms with Crippen molar-refractivity contribution in [1.29, 1.82) is 0 Å². The first-order valence-electron chi connectivity index (χ1n) is 13.0. The van der Waals surface area contributed by atoms with Gasteiger partial charge in [-0.05, 0) is 60.0 Å². The molecule has 1 atom stereocenters. The van der Waals surface area contributed by atoms with Gasteiger partial charge in [-0.3, -0.25) is 14.6 Å². The molecular formula is C33H27N3O4. The highest BCUT2D eigenvalue weighted by Crippen LogP contribution is 2.43. The molecule has 5 aromatic rings. The van der Waals surface area contributed by atoms with E-state index in [1.807, 2.05) is 73.7 Å². The van der Waals surface area contributed by atoms with E-state index in [0.717, 1.165) is 33.2 Å². The fraction of sp³-hybridized carbons (Fsp3) is 0.121. The van der Waals surface area contributed by atoms with E-state index in [2.05, 4.69) is 9.97 Å². The van der Waals surface area contributed by atoms with E-state index in [0.29, 0.717) is 17.9 Å². The first kappa shape index (κ1) is 25.1. The molecule has 1 aliphatic rings. The average Bonchev–Trinajstić information content (AvgIpc) is 3.51. The number of nitrogens with zero attached hydrogens (tertiary/aromatic N) is 2. The van der Waals surface area contributed by atoms with Crippen LogP contribution in [-0.2, 0) is 22.7 Å². The van der Waals surface area contributed by atoms with E-state index in [4.69, 9.17) is 4.74 Å². The third-order valence-corrected chi connectivity index (χ3v) is 7.24. The number of ketones is 1. The topological polar surface area (TPSA) is 95.5 Å². The third kappa shape index (κ3) is 4.62. The first-order chi connectivity index (χ1) is 19.5. The van der Waals surface area contributed by atoms with E-state index in [-0.39, 0.29) is 17.9 Å². The van der Waals surface area contributed by atoms with Crippen molar-refractivity contribution >= 4 is 28.4 Å². The number of hydrogen-bond donors (Lipinski definition) is 2. The van der Waals surface area contributed by atoms with Crippen molar-refractivity contribution in [3.05, 3.63) is 137 Å². The van der Waals surface area contributed by atoms with Crippen LogP contribution in [0.2, 0.25) is 0 Å². The molecule has 7 nitrogen and oxygen atoms in total. The number of H-pyrrole nitrogens is 1. The van der Waals surface area contributed by atoms with Gasteiger partial charge in [0.1, 0.15) is 18.1 Å². The zero-order chi connectivity index (χ0) is 27.6. The number of nitrogens with one attached hydrogen (secondary N) is 1. The van der Waals surface area contributed by atoms with E-state index in [9.17, 15) is 14.7 Å².